The van der Waals surface area contributed by atoms with Gasteiger partial charge in [-0.25, -0.2) is 18.4 Å². The van der Waals surface area contributed by atoms with Crippen LogP contribution in [0.25, 0.3) is 11.3 Å². The quantitative estimate of drug-likeness (QED) is 0.449. The second-order valence-corrected chi connectivity index (χ2v) is 9.10. The van der Waals surface area contributed by atoms with Gasteiger partial charge in [-0.1, -0.05) is 29.8 Å². The number of aryl methyl sites for hydroxylation is 1. The molecule has 0 aliphatic rings. The van der Waals surface area contributed by atoms with Crippen molar-refractivity contribution < 1.29 is 27.2 Å². The van der Waals surface area contributed by atoms with Crippen LogP contribution in [-0.4, -0.2) is 35.1 Å². The summed E-state index contributed by atoms with van der Waals surface area (Å²) in [6, 6.07) is 12.7. The zero-order valence-electron chi connectivity index (χ0n) is 16.2. The second kappa shape index (κ2) is 9.27. The van der Waals surface area contributed by atoms with E-state index in [-0.39, 0.29) is 16.4 Å². The molecule has 1 aromatic heterocycles. The Bertz CT molecular complexity index is 1230. The highest BCUT2D eigenvalue weighted by Crippen LogP contribution is 2.22. The van der Waals surface area contributed by atoms with E-state index in [1.807, 2.05) is 31.2 Å². The highest BCUT2D eigenvalue weighted by molar-refractivity contribution is 7.91. The van der Waals surface area contributed by atoms with Crippen LogP contribution in [0.5, 0.6) is 0 Å². The highest BCUT2D eigenvalue weighted by atomic mass is 32.2. The third-order valence-corrected chi connectivity index (χ3v) is 6.10. The Balaban J connectivity index is 1.78. The van der Waals surface area contributed by atoms with Crippen molar-refractivity contribution in [3.8, 4) is 11.3 Å². The Morgan fingerprint density at radius 3 is 2.42 bits per heavy atom. The van der Waals surface area contributed by atoms with Crippen LogP contribution in [0, 0.1) is 6.92 Å². The molecule has 0 aliphatic carbocycles. The lowest BCUT2D eigenvalue weighted by molar-refractivity contribution is 0.102. The summed E-state index contributed by atoms with van der Waals surface area (Å²) in [5.74, 6) is -1.61. The van der Waals surface area contributed by atoms with Gasteiger partial charge in [-0.3, -0.25) is 4.79 Å². The fourth-order valence-corrected chi connectivity index (χ4v) is 4.15. The van der Waals surface area contributed by atoms with E-state index >= 15 is 0 Å². The lowest BCUT2D eigenvalue weighted by Gasteiger charge is -2.09. The molecule has 160 valence electrons. The van der Waals surface area contributed by atoms with Gasteiger partial charge in [0.25, 0.3) is 5.91 Å². The summed E-state index contributed by atoms with van der Waals surface area (Å²) < 4.78 is 38.9. The van der Waals surface area contributed by atoms with Crippen molar-refractivity contribution in [2.45, 2.75) is 11.8 Å². The first-order valence-corrected chi connectivity index (χ1v) is 11.6. The van der Waals surface area contributed by atoms with Crippen molar-refractivity contribution in [3.05, 3.63) is 66.0 Å². The van der Waals surface area contributed by atoms with E-state index < -0.39 is 29.9 Å². The van der Waals surface area contributed by atoms with Crippen LogP contribution in [0.3, 0.4) is 0 Å². The third-order valence-electron chi connectivity index (χ3n) is 4.15. The highest BCUT2D eigenvalue weighted by Gasteiger charge is 2.23. The maximum atomic E-state index is 12.6. The molecule has 31 heavy (non-hydrogen) atoms. The van der Waals surface area contributed by atoms with E-state index in [9.17, 15) is 17.8 Å². The molecule has 1 unspecified atom stereocenters. The van der Waals surface area contributed by atoms with Gasteiger partial charge in [-0.05, 0) is 31.2 Å². The molecule has 0 saturated carbocycles. The summed E-state index contributed by atoms with van der Waals surface area (Å²) >= 11 is 0. The first kappa shape index (κ1) is 22.4. The largest absolute Gasteiger partial charge is 0.695 e. The van der Waals surface area contributed by atoms with E-state index in [0.717, 1.165) is 11.1 Å². The second-order valence-electron chi connectivity index (χ2n) is 6.43. The minimum Gasteiger partial charge on any atom is -0.382 e. The molecule has 10 nitrogen and oxygen atoms in total. The number of nitrogen functional groups attached to an aromatic ring is 1. The number of nitrogens with zero attached hydrogens (tertiary/aromatic N) is 2. The maximum Gasteiger partial charge on any atom is 0.695 e. The van der Waals surface area contributed by atoms with E-state index in [4.69, 9.17) is 10.6 Å². The number of nitrogens with one attached hydrogen (secondary N) is 1. The summed E-state index contributed by atoms with van der Waals surface area (Å²) in [5, 5.41) is 2.58. The van der Waals surface area contributed by atoms with Gasteiger partial charge in [-0.15, -0.1) is 9.42 Å². The SMILES string of the molecule is Cc1ccc(-c2cnc(N)c(C(=O)Nc3ccc(S(=O)(=O)CO[P+](=O)O)cc3)n2)cc1. The number of anilines is 2. The number of amides is 1. The van der Waals surface area contributed by atoms with Gasteiger partial charge < -0.3 is 11.1 Å². The molecule has 1 amide bonds. The Morgan fingerprint density at radius 2 is 1.81 bits per heavy atom. The van der Waals surface area contributed by atoms with Gasteiger partial charge in [0.1, 0.15) is 0 Å². The Hall–Kier alpha value is -3.24. The number of carbonyl (C=O) groups is 1. The van der Waals surface area contributed by atoms with Crippen LogP contribution >= 0.6 is 8.25 Å². The summed E-state index contributed by atoms with van der Waals surface area (Å²) in [7, 11) is -6.95. The van der Waals surface area contributed by atoms with Crippen molar-refractivity contribution in [3.63, 3.8) is 0 Å². The average molecular weight is 461 g/mol. The van der Waals surface area contributed by atoms with E-state index in [1.54, 1.807) is 0 Å². The predicted octanol–water partition coefficient (Wildman–Crippen LogP) is 2.68. The smallest absolute Gasteiger partial charge is 0.382 e. The first-order valence-electron chi connectivity index (χ1n) is 8.78. The number of rotatable bonds is 7. The number of nitrogens with two attached hydrogens (primary N) is 1. The number of benzene rings is 2. The monoisotopic (exact) mass is 461 g/mol. The van der Waals surface area contributed by atoms with Crippen molar-refractivity contribution in [2.75, 3.05) is 17.0 Å². The first-order chi connectivity index (χ1) is 14.7. The van der Waals surface area contributed by atoms with E-state index in [2.05, 4.69) is 19.8 Å². The molecule has 3 aromatic rings. The topological polar surface area (TPSA) is 162 Å². The van der Waals surface area contributed by atoms with Gasteiger partial charge in [0, 0.05) is 15.8 Å². The van der Waals surface area contributed by atoms with Crippen LogP contribution in [-0.2, 0) is 18.9 Å². The fraction of sp³-hybridized carbons (Fsp3) is 0.105. The van der Waals surface area contributed by atoms with Gasteiger partial charge in [-0.2, -0.15) is 0 Å². The molecule has 0 fully saturated rings. The normalized spacial score (nSPS) is 11.7. The third kappa shape index (κ3) is 5.68. The number of hydrogen-bond acceptors (Lipinski definition) is 8. The fourth-order valence-electron chi connectivity index (χ4n) is 2.55. The Labute approximate surface area is 179 Å². The van der Waals surface area contributed by atoms with Crippen LogP contribution < -0.4 is 11.1 Å². The van der Waals surface area contributed by atoms with E-state index in [1.165, 1.54) is 30.5 Å². The molecular weight excluding hydrogens is 443 g/mol. The molecule has 1 heterocycles. The Kier molecular flexibility index (Phi) is 6.71. The predicted molar refractivity (Wildman–Crippen MR) is 114 cm³/mol. The van der Waals surface area contributed by atoms with Crippen LogP contribution in [0.2, 0.25) is 0 Å². The molecular formula is C19H18N4O6PS+. The average Bonchev–Trinajstić information content (AvgIpc) is 2.74. The molecule has 1 atom stereocenters. The van der Waals surface area contributed by atoms with Crippen molar-refractivity contribution >= 4 is 35.5 Å². The number of sulfone groups is 1. The molecule has 2 aromatic carbocycles. The summed E-state index contributed by atoms with van der Waals surface area (Å²) in [5.41, 5.74) is 8.35. The standard InChI is InChI=1S/C19H17N4O6PS/c1-12-2-4-13(5-3-12)16-10-21-18(20)17(23-16)19(24)22-14-6-8-15(9-7-14)31(27,28)11-29-30(25)26/h2-10H,11H2,1H3,(H3-,20,21,22,24,25,26)/p+1. The van der Waals surface area contributed by atoms with Crippen LogP contribution in [0.1, 0.15) is 16.1 Å². The van der Waals surface area contributed by atoms with E-state index in [0.29, 0.717) is 11.4 Å². The minimum absolute atomic E-state index is 0.0529. The molecule has 0 saturated heterocycles. The molecule has 0 radical (unpaired) electrons. The minimum atomic E-state index is -3.92. The molecule has 3 rings (SSSR count). The zero-order valence-corrected chi connectivity index (χ0v) is 17.9. The number of carbonyl (C=O) groups excluding carboxylic acids is 1. The summed E-state index contributed by atoms with van der Waals surface area (Å²) in [6.45, 7) is 1.95. The molecule has 0 aliphatic heterocycles. The lowest BCUT2D eigenvalue weighted by atomic mass is 10.1. The number of hydrogen-bond donors (Lipinski definition) is 3. The number of aromatic nitrogens is 2. The van der Waals surface area contributed by atoms with Gasteiger partial charge in [0.2, 0.25) is 15.8 Å². The zero-order chi connectivity index (χ0) is 22.6. The van der Waals surface area contributed by atoms with Crippen molar-refractivity contribution in [1.29, 1.82) is 0 Å². The Morgan fingerprint density at radius 1 is 1.16 bits per heavy atom. The maximum absolute atomic E-state index is 12.6. The molecule has 4 N–H and O–H groups in total. The molecule has 0 bridgehead atoms. The molecule has 12 heteroatoms. The van der Waals surface area contributed by atoms with Crippen LogP contribution in [0.15, 0.2) is 59.6 Å². The molecule has 0 spiro atoms. The summed E-state index contributed by atoms with van der Waals surface area (Å²) in [4.78, 5) is 29.4. The lowest BCUT2D eigenvalue weighted by Crippen LogP contribution is -2.17. The van der Waals surface area contributed by atoms with Gasteiger partial charge >= 0.3 is 8.25 Å². The van der Waals surface area contributed by atoms with Gasteiger partial charge in [0.05, 0.1) is 16.8 Å². The van der Waals surface area contributed by atoms with Crippen molar-refractivity contribution in [2.24, 2.45) is 0 Å². The summed E-state index contributed by atoms with van der Waals surface area (Å²) in [6.07, 6.45) is 1.47. The van der Waals surface area contributed by atoms with Crippen LogP contribution in [0.4, 0.5) is 11.5 Å². The van der Waals surface area contributed by atoms with Gasteiger partial charge in [0.15, 0.2) is 11.5 Å². The van der Waals surface area contributed by atoms with Crippen molar-refractivity contribution in [1.82, 2.24) is 9.97 Å².